The Labute approximate surface area is 123 Å². The molecule has 0 aliphatic carbocycles. The van der Waals surface area contributed by atoms with E-state index in [2.05, 4.69) is 4.72 Å². The number of rotatable bonds is 6. The first-order valence-corrected chi connectivity index (χ1v) is 8.71. The molecular formula is C14H18N2O2S2. The Balaban J connectivity index is 2.05. The van der Waals surface area contributed by atoms with Gasteiger partial charge in [0.25, 0.3) is 0 Å². The van der Waals surface area contributed by atoms with Crippen LogP contribution in [0.25, 0.3) is 0 Å². The Kier molecular flexibility index (Phi) is 4.93. The van der Waals surface area contributed by atoms with Crippen molar-refractivity contribution in [2.45, 2.75) is 30.8 Å². The Hall–Kier alpha value is -1.21. The molecule has 0 bridgehead atoms. The van der Waals surface area contributed by atoms with E-state index >= 15 is 0 Å². The minimum atomic E-state index is -3.47. The first kappa shape index (κ1) is 15.2. The maximum atomic E-state index is 12.2. The van der Waals surface area contributed by atoms with Crippen LogP contribution in [0.4, 0.5) is 0 Å². The molecule has 0 spiro atoms. The average Bonchev–Trinajstić information content (AvgIpc) is 2.91. The molecule has 0 saturated carbocycles. The highest BCUT2D eigenvalue weighted by Crippen LogP contribution is 2.14. The van der Waals surface area contributed by atoms with Crippen molar-refractivity contribution in [1.29, 1.82) is 0 Å². The monoisotopic (exact) mass is 310 g/mol. The lowest BCUT2D eigenvalue weighted by atomic mass is 10.2. The highest BCUT2D eigenvalue weighted by molar-refractivity contribution is 7.89. The molecule has 1 aromatic heterocycles. The third-order valence-corrected chi connectivity index (χ3v) is 5.42. The second-order valence-electron chi connectivity index (χ2n) is 4.65. The van der Waals surface area contributed by atoms with Crippen LogP contribution in [0.2, 0.25) is 0 Å². The summed E-state index contributed by atoms with van der Waals surface area (Å²) in [5.41, 5.74) is 6.41. The van der Waals surface area contributed by atoms with Crippen LogP contribution < -0.4 is 10.5 Å². The molecule has 0 fully saturated rings. The molecule has 108 valence electrons. The van der Waals surface area contributed by atoms with Gasteiger partial charge in [-0.3, -0.25) is 0 Å². The predicted octanol–water partition coefficient (Wildman–Crippen LogP) is 2.12. The SMILES string of the molecule is CC(Cc1cccs1)NS(=O)(=O)c1ccc(CN)cc1. The zero-order valence-electron chi connectivity index (χ0n) is 11.2. The third-order valence-electron chi connectivity index (χ3n) is 2.91. The Bertz CT molecular complexity index is 634. The number of nitrogens with two attached hydrogens (primary N) is 1. The molecule has 1 aromatic carbocycles. The van der Waals surface area contributed by atoms with Crippen LogP contribution in [0.15, 0.2) is 46.7 Å². The Morgan fingerprint density at radius 3 is 2.50 bits per heavy atom. The molecule has 1 unspecified atom stereocenters. The lowest BCUT2D eigenvalue weighted by molar-refractivity contribution is 0.560. The lowest BCUT2D eigenvalue weighted by Crippen LogP contribution is -2.33. The first-order valence-electron chi connectivity index (χ1n) is 6.35. The van der Waals surface area contributed by atoms with Crippen molar-refractivity contribution in [3.05, 3.63) is 52.2 Å². The molecule has 0 amide bonds. The van der Waals surface area contributed by atoms with Gasteiger partial charge < -0.3 is 5.73 Å². The van der Waals surface area contributed by atoms with Gasteiger partial charge in [-0.2, -0.15) is 0 Å². The quantitative estimate of drug-likeness (QED) is 0.858. The molecule has 0 aliphatic rings. The summed E-state index contributed by atoms with van der Waals surface area (Å²) < 4.78 is 27.2. The van der Waals surface area contributed by atoms with Crippen LogP contribution in [0.1, 0.15) is 17.4 Å². The summed E-state index contributed by atoms with van der Waals surface area (Å²) in [6, 6.07) is 10.5. The Morgan fingerprint density at radius 2 is 1.95 bits per heavy atom. The molecule has 2 aromatic rings. The topological polar surface area (TPSA) is 72.2 Å². The van der Waals surface area contributed by atoms with Crippen molar-refractivity contribution in [3.63, 3.8) is 0 Å². The minimum Gasteiger partial charge on any atom is -0.326 e. The zero-order valence-corrected chi connectivity index (χ0v) is 12.9. The number of hydrogen-bond donors (Lipinski definition) is 2. The van der Waals surface area contributed by atoms with Gasteiger partial charge in [-0.05, 0) is 42.5 Å². The van der Waals surface area contributed by atoms with E-state index < -0.39 is 10.0 Å². The van der Waals surface area contributed by atoms with Crippen LogP contribution in [0.3, 0.4) is 0 Å². The van der Waals surface area contributed by atoms with Crippen molar-refractivity contribution in [2.24, 2.45) is 5.73 Å². The average molecular weight is 310 g/mol. The third kappa shape index (κ3) is 3.89. The summed E-state index contributed by atoms with van der Waals surface area (Å²) in [6.07, 6.45) is 0.692. The molecule has 6 heteroatoms. The van der Waals surface area contributed by atoms with Gasteiger partial charge in [0, 0.05) is 17.5 Å². The number of benzene rings is 1. The fraction of sp³-hybridized carbons (Fsp3) is 0.286. The lowest BCUT2D eigenvalue weighted by Gasteiger charge is -2.13. The van der Waals surface area contributed by atoms with E-state index in [1.165, 1.54) is 4.88 Å². The number of nitrogens with one attached hydrogen (secondary N) is 1. The van der Waals surface area contributed by atoms with E-state index in [9.17, 15) is 8.42 Å². The summed E-state index contributed by atoms with van der Waals surface area (Å²) in [6.45, 7) is 2.27. The number of hydrogen-bond acceptors (Lipinski definition) is 4. The van der Waals surface area contributed by atoms with Crippen molar-refractivity contribution in [3.8, 4) is 0 Å². The number of sulfonamides is 1. The highest BCUT2D eigenvalue weighted by Gasteiger charge is 2.17. The first-order chi connectivity index (χ1) is 9.51. The van der Waals surface area contributed by atoms with Crippen LogP contribution in [0, 0.1) is 0 Å². The van der Waals surface area contributed by atoms with Gasteiger partial charge in [-0.25, -0.2) is 13.1 Å². The summed E-state index contributed by atoms with van der Waals surface area (Å²) in [5.74, 6) is 0. The maximum Gasteiger partial charge on any atom is 0.240 e. The number of thiophene rings is 1. The molecule has 0 saturated heterocycles. The molecule has 4 nitrogen and oxygen atoms in total. The standard InChI is InChI=1S/C14H18N2O2S2/c1-11(9-13-3-2-8-19-13)16-20(17,18)14-6-4-12(10-15)5-7-14/h2-8,11,16H,9-10,15H2,1H3. The summed E-state index contributed by atoms with van der Waals surface area (Å²) in [4.78, 5) is 1.44. The van der Waals surface area contributed by atoms with E-state index in [4.69, 9.17) is 5.73 Å². The second-order valence-corrected chi connectivity index (χ2v) is 7.40. The largest absolute Gasteiger partial charge is 0.326 e. The molecule has 0 radical (unpaired) electrons. The molecular weight excluding hydrogens is 292 g/mol. The Morgan fingerprint density at radius 1 is 1.25 bits per heavy atom. The van der Waals surface area contributed by atoms with Gasteiger partial charge in [0.05, 0.1) is 4.90 Å². The molecule has 1 heterocycles. The van der Waals surface area contributed by atoms with Crippen molar-refractivity contribution >= 4 is 21.4 Å². The van der Waals surface area contributed by atoms with E-state index in [1.54, 1.807) is 35.6 Å². The highest BCUT2D eigenvalue weighted by atomic mass is 32.2. The molecule has 3 N–H and O–H groups in total. The van der Waals surface area contributed by atoms with Crippen LogP contribution in [-0.4, -0.2) is 14.5 Å². The van der Waals surface area contributed by atoms with Gasteiger partial charge in [-0.1, -0.05) is 18.2 Å². The smallest absolute Gasteiger partial charge is 0.240 e. The fourth-order valence-corrected chi connectivity index (χ4v) is 3.99. The fourth-order valence-electron chi connectivity index (χ4n) is 1.91. The van der Waals surface area contributed by atoms with Crippen LogP contribution in [0.5, 0.6) is 0 Å². The van der Waals surface area contributed by atoms with Crippen LogP contribution >= 0.6 is 11.3 Å². The predicted molar refractivity (Wildman–Crippen MR) is 82.1 cm³/mol. The normalized spacial score (nSPS) is 13.3. The van der Waals surface area contributed by atoms with E-state index in [0.717, 1.165) is 5.56 Å². The van der Waals surface area contributed by atoms with Crippen molar-refractivity contribution < 1.29 is 8.42 Å². The van der Waals surface area contributed by atoms with Gasteiger partial charge in [0.2, 0.25) is 10.0 Å². The van der Waals surface area contributed by atoms with Gasteiger partial charge in [0.1, 0.15) is 0 Å². The second kappa shape index (κ2) is 6.49. The van der Waals surface area contributed by atoms with E-state index in [0.29, 0.717) is 13.0 Å². The van der Waals surface area contributed by atoms with Gasteiger partial charge in [-0.15, -0.1) is 11.3 Å². The van der Waals surface area contributed by atoms with Crippen molar-refractivity contribution in [1.82, 2.24) is 4.72 Å². The molecule has 1 atom stereocenters. The zero-order chi connectivity index (χ0) is 14.6. The van der Waals surface area contributed by atoms with Gasteiger partial charge >= 0.3 is 0 Å². The van der Waals surface area contributed by atoms with Crippen molar-refractivity contribution in [2.75, 3.05) is 0 Å². The minimum absolute atomic E-state index is 0.146. The molecule has 0 aliphatic heterocycles. The van der Waals surface area contributed by atoms with Crippen LogP contribution in [-0.2, 0) is 23.0 Å². The van der Waals surface area contributed by atoms with E-state index in [-0.39, 0.29) is 10.9 Å². The maximum absolute atomic E-state index is 12.2. The summed E-state index contributed by atoms with van der Waals surface area (Å²) >= 11 is 1.63. The summed E-state index contributed by atoms with van der Waals surface area (Å²) in [7, 11) is -3.47. The summed E-state index contributed by atoms with van der Waals surface area (Å²) in [5, 5.41) is 1.99. The van der Waals surface area contributed by atoms with Gasteiger partial charge in [0.15, 0.2) is 0 Å². The molecule has 2 rings (SSSR count). The molecule has 20 heavy (non-hydrogen) atoms. The van der Waals surface area contributed by atoms with E-state index in [1.807, 2.05) is 24.4 Å².